The Balaban J connectivity index is 2.12. The number of nitrogens with one attached hydrogen (secondary N) is 1. The molecule has 0 spiro atoms. The molecule has 1 atom stereocenters. The zero-order valence-electron chi connectivity index (χ0n) is 12.7. The minimum Gasteiger partial charge on any atom is -0.481 e. The second-order valence-electron chi connectivity index (χ2n) is 6.01. The number of hydrogen-bond acceptors (Lipinski definition) is 4. The van der Waals surface area contributed by atoms with Crippen LogP contribution in [0.3, 0.4) is 0 Å². The average Bonchev–Trinajstić information content (AvgIpc) is 3.06. The van der Waals surface area contributed by atoms with Gasteiger partial charge in [0.2, 0.25) is 5.82 Å². The average molecular weight is 294 g/mol. The van der Waals surface area contributed by atoms with Gasteiger partial charge in [0, 0.05) is 19.0 Å². The molecule has 7 heteroatoms. The molecule has 1 amide bonds. The van der Waals surface area contributed by atoms with Crippen LogP contribution in [0.1, 0.15) is 62.4 Å². The Labute approximate surface area is 123 Å². The van der Waals surface area contributed by atoms with Crippen LogP contribution in [0, 0.1) is 5.41 Å². The summed E-state index contributed by atoms with van der Waals surface area (Å²) in [5.41, 5.74) is -0.818. The number of amides is 1. The van der Waals surface area contributed by atoms with Crippen LogP contribution in [0.5, 0.6) is 0 Å². The van der Waals surface area contributed by atoms with Gasteiger partial charge in [0.05, 0.1) is 5.41 Å². The maximum absolute atomic E-state index is 12.4. The van der Waals surface area contributed by atoms with Crippen molar-refractivity contribution >= 4 is 11.9 Å². The molecule has 0 radical (unpaired) electrons. The van der Waals surface area contributed by atoms with Crippen LogP contribution in [0.2, 0.25) is 0 Å². The van der Waals surface area contributed by atoms with Crippen LogP contribution in [0.4, 0.5) is 0 Å². The zero-order valence-corrected chi connectivity index (χ0v) is 12.7. The SMILES string of the molecule is CCCC1(C(=O)O)CCN(C(=O)c2n[nH]c(C(C)C)n2)C1. The van der Waals surface area contributed by atoms with Gasteiger partial charge in [-0.3, -0.25) is 14.7 Å². The van der Waals surface area contributed by atoms with Crippen LogP contribution in [0.15, 0.2) is 0 Å². The third-order valence-electron chi connectivity index (χ3n) is 4.06. The van der Waals surface area contributed by atoms with E-state index in [0.717, 1.165) is 6.42 Å². The standard InChI is InChI=1S/C14H22N4O3/c1-4-5-14(13(20)21)6-7-18(8-14)12(19)11-15-10(9(2)3)16-17-11/h9H,4-8H2,1-3H3,(H,20,21)(H,15,16,17). The van der Waals surface area contributed by atoms with E-state index in [-0.39, 0.29) is 24.2 Å². The van der Waals surface area contributed by atoms with Crippen molar-refractivity contribution in [3.63, 3.8) is 0 Å². The van der Waals surface area contributed by atoms with E-state index in [0.29, 0.717) is 25.2 Å². The smallest absolute Gasteiger partial charge is 0.311 e. The quantitative estimate of drug-likeness (QED) is 0.860. The number of hydrogen-bond donors (Lipinski definition) is 2. The van der Waals surface area contributed by atoms with Crippen molar-refractivity contribution in [1.82, 2.24) is 20.1 Å². The summed E-state index contributed by atoms with van der Waals surface area (Å²) in [6, 6.07) is 0. The van der Waals surface area contributed by atoms with E-state index in [2.05, 4.69) is 15.2 Å². The molecule has 2 rings (SSSR count). The fourth-order valence-corrected chi connectivity index (χ4v) is 2.78. The molecule has 1 fully saturated rings. The lowest BCUT2D eigenvalue weighted by Crippen LogP contribution is -2.37. The lowest BCUT2D eigenvalue weighted by molar-refractivity contribution is -0.148. The Morgan fingerprint density at radius 3 is 2.71 bits per heavy atom. The molecule has 0 bridgehead atoms. The molecular weight excluding hydrogens is 272 g/mol. The number of aliphatic carboxylic acids is 1. The number of carbonyl (C=O) groups excluding carboxylic acids is 1. The molecule has 1 aromatic rings. The predicted molar refractivity (Wildman–Crippen MR) is 76.0 cm³/mol. The summed E-state index contributed by atoms with van der Waals surface area (Å²) in [6.45, 7) is 6.55. The molecule has 2 heterocycles. The number of carboxylic acid groups (broad SMARTS) is 1. The Hall–Kier alpha value is -1.92. The summed E-state index contributed by atoms with van der Waals surface area (Å²) >= 11 is 0. The van der Waals surface area contributed by atoms with Crippen LogP contribution >= 0.6 is 0 Å². The highest BCUT2D eigenvalue weighted by atomic mass is 16.4. The first kappa shape index (κ1) is 15.5. The minimum atomic E-state index is -0.822. The highest BCUT2D eigenvalue weighted by Crippen LogP contribution is 2.36. The molecule has 0 aromatic carbocycles. The fourth-order valence-electron chi connectivity index (χ4n) is 2.78. The Bertz CT molecular complexity index is 540. The third kappa shape index (κ3) is 2.91. The first-order chi connectivity index (χ1) is 9.89. The first-order valence-corrected chi connectivity index (χ1v) is 7.34. The summed E-state index contributed by atoms with van der Waals surface area (Å²) in [5, 5.41) is 16.2. The minimum absolute atomic E-state index is 0.122. The predicted octanol–water partition coefficient (Wildman–Crippen LogP) is 1.65. The third-order valence-corrected chi connectivity index (χ3v) is 4.06. The molecule has 1 aromatic heterocycles. The van der Waals surface area contributed by atoms with Gasteiger partial charge in [-0.15, -0.1) is 5.10 Å². The zero-order chi connectivity index (χ0) is 15.6. The van der Waals surface area contributed by atoms with Gasteiger partial charge >= 0.3 is 5.97 Å². The number of H-pyrrole nitrogens is 1. The van der Waals surface area contributed by atoms with Crippen molar-refractivity contribution < 1.29 is 14.7 Å². The van der Waals surface area contributed by atoms with E-state index < -0.39 is 11.4 Å². The maximum Gasteiger partial charge on any atom is 0.311 e. The second-order valence-corrected chi connectivity index (χ2v) is 6.01. The highest BCUT2D eigenvalue weighted by molar-refractivity contribution is 5.91. The van der Waals surface area contributed by atoms with E-state index in [1.165, 1.54) is 0 Å². The molecule has 1 aliphatic heterocycles. The summed E-state index contributed by atoms with van der Waals surface area (Å²) < 4.78 is 0. The Morgan fingerprint density at radius 1 is 1.48 bits per heavy atom. The topological polar surface area (TPSA) is 99.2 Å². The van der Waals surface area contributed by atoms with Crippen LogP contribution < -0.4 is 0 Å². The van der Waals surface area contributed by atoms with Gasteiger partial charge in [-0.05, 0) is 12.8 Å². The Kier molecular flexibility index (Phi) is 4.29. The van der Waals surface area contributed by atoms with E-state index in [4.69, 9.17) is 0 Å². The van der Waals surface area contributed by atoms with Crippen LogP contribution in [-0.4, -0.2) is 50.2 Å². The van der Waals surface area contributed by atoms with Crippen LogP contribution in [0.25, 0.3) is 0 Å². The largest absolute Gasteiger partial charge is 0.481 e. The van der Waals surface area contributed by atoms with Crippen molar-refractivity contribution in [2.45, 2.75) is 46.0 Å². The van der Waals surface area contributed by atoms with Crippen molar-refractivity contribution in [2.75, 3.05) is 13.1 Å². The lowest BCUT2D eigenvalue weighted by atomic mass is 9.83. The number of carboxylic acids is 1. The number of rotatable bonds is 5. The summed E-state index contributed by atoms with van der Waals surface area (Å²) in [7, 11) is 0. The molecular formula is C14H22N4O3. The normalized spacial score (nSPS) is 22.0. The molecule has 21 heavy (non-hydrogen) atoms. The first-order valence-electron chi connectivity index (χ1n) is 7.34. The van der Waals surface area contributed by atoms with Gasteiger partial charge in [0.25, 0.3) is 5.91 Å². The van der Waals surface area contributed by atoms with E-state index >= 15 is 0 Å². The van der Waals surface area contributed by atoms with Crippen LogP contribution in [-0.2, 0) is 4.79 Å². The molecule has 2 N–H and O–H groups in total. The van der Waals surface area contributed by atoms with E-state index in [1.54, 1.807) is 4.90 Å². The lowest BCUT2D eigenvalue weighted by Gasteiger charge is -2.23. The number of carbonyl (C=O) groups is 2. The van der Waals surface area contributed by atoms with Gasteiger partial charge in [-0.1, -0.05) is 27.2 Å². The molecule has 1 saturated heterocycles. The van der Waals surface area contributed by atoms with Crippen molar-refractivity contribution in [2.24, 2.45) is 5.41 Å². The molecule has 0 aliphatic carbocycles. The van der Waals surface area contributed by atoms with Crippen molar-refractivity contribution in [1.29, 1.82) is 0 Å². The van der Waals surface area contributed by atoms with E-state index in [9.17, 15) is 14.7 Å². The molecule has 0 saturated carbocycles. The highest BCUT2D eigenvalue weighted by Gasteiger charge is 2.46. The van der Waals surface area contributed by atoms with Crippen molar-refractivity contribution in [3.8, 4) is 0 Å². The molecule has 7 nitrogen and oxygen atoms in total. The Morgan fingerprint density at radius 2 is 2.19 bits per heavy atom. The van der Waals surface area contributed by atoms with Gasteiger partial charge in [-0.2, -0.15) is 0 Å². The summed E-state index contributed by atoms with van der Waals surface area (Å²) in [5.74, 6) is -0.169. The molecule has 1 unspecified atom stereocenters. The maximum atomic E-state index is 12.4. The van der Waals surface area contributed by atoms with Crippen molar-refractivity contribution in [3.05, 3.63) is 11.6 Å². The number of aromatic amines is 1. The molecule has 116 valence electrons. The monoisotopic (exact) mass is 294 g/mol. The number of aromatic nitrogens is 3. The summed E-state index contributed by atoms with van der Waals surface area (Å²) in [4.78, 5) is 29.7. The fraction of sp³-hybridized carbons (Fsp3) is 0.714. The molecule has 1 aliphatic rings. The van der Waals surface area contributed by atoms with Gasteiger partial charge < -0.3 is 10.0 Å². The number of nitrogens with zero attached hydrogens (tertiary/aromatic N) is 3. The second kappa shape index (κ2) is 5.83. The van der Waals surface area contributed by atoms with Gasteiger partial charge in [-0.25, -0.2) is 4.98 Å². The van der Waals surface area contributed by atoms with E-state index in [1.807, 2.05) is 20.8 Å². The summed E-state index contributed by atoms with van der Waals surface area (Å²) in [6.07, 6.45) is 1.85. The van der Waals surface area contributed by atoms with Gasteiger partial charge in [0.1, 0.15) is 5.82 Å². The number of likely N-dealkylation sites (tertiary alicyclic amines) is 1. The van der Waals surface area contributed by atoms with Gasteiger partial charge in [0.15, 0.2) is 0 Å².